The SMILES string of the molecule is Cc1ccccc1C(N)c1ccc[nH]1. The molecule has 14 heavy (non-hydrogen) atoms. The first-order chi connectivity index (χ1) is 6.79. The van der Waals surface area contributed by atoms with Crippen LogP contribution in [0.4, 0.5) is 0 Å². The normalized spacial score (nSPS) is 12.7. The molecule has 0 aliphatic carbocycles. The van der Waals surface area contributed by atoms with Crippen LogP contribution in [0.5, 0.6) is 0 Å². The van der Waals surface area contributed by atoms with Gasteiger partial charge in [0.1, 0.15) is 0 Å². The molecule has 1 heterocycles. The molecule has 0 bridgehead atoms. The Labute approximate surface area is 83.8 Å². The van der Waals surface area contributed by atoms with Gasteiger partial charge in [0.15, 0.2) is 0 Å². The van der Waals surface area contributed by atoms with Crippen LogP contribution in [0.15, 0.2) is 42.6 Å². The third kappa shape index (κ3) is 1.56. The highest BCUT2D eigenvalue weighted by atomic mass is 14.8. The van der Waals surface area contributed by atoms with E-state index in [1.807, 2.05) is 30.5 Å². The maximum atomic E-state index is 6.13. The number of benzene rings is 1. The van der Waals surface area contributed by atoms with Crippen LogP contribution in [0.3, 0.4) is 0 Å². The van der Waals surface area contributed by atoms with Gasteiger partial charge in [-0.25, -0.2) is 0 Å². The lowest BCUT2D eigenvalue weighted by Gasteiger charge is -2.12. The van der Waals surface area contributed by atoms with E-state index in [1.54, 1.807) is 0 Å². The number of nitrogens with two attached hydrogens (primary N) is 1. The van der Waals surface area contributed by atoms with Crippen LogP contribution in [-0.4, -0.2) is 4.98 Å². The number of rotatable bonds is 2. The largest absolute Gasteiger partial charge is 0.363 e. The summed E-state index contributed by atoms with van der Waals surface area (Å²) in [4.78, 5) is 3.14. The van der Waals surface area contributed by atoms with Gasteiger partial charge in [0.05, 0.1) is 6.04 Å². The molecule has 2 nitrogen and oxygen atoms in total. The van der Waals surface area contributed by atoms with E-state index in [1.165, 1.54) is 11.1 Å². The molecule has 0 radical (unpaired) electrons. The van der Waals surface area contributed by atoms with Crippen molar-refractivity contribution in [2.45, 2.75) is 13.0 Å². The molecule has 2 rings (SSSR count). The molecule has 3 N–H and O–H groups in total. The summed E-state index contributed by atoms with van der Waals surface area (Å²) in [6.45, 7) is 2.08. The molecule has 0 saturated carbocycles. The molecule has 0 spiro atoms. The second-order valence-corrected chi connectivity index (χ2v) is 3.46. The van der Waals surface area contributed by atoms with Crippen LogP contribution >= 0.6 is 0 Å². The van der Waals surface area contributed by atoms with Gasteiger partial charge in [-0.1, -0.05) is 24.3 Å². The highest BCUT2D eigenvalue weighted by Gasteiger charge is 2.10. The van der Waals surface area contributed by atoms with Crippen LogP contribution in [0, 0.1) is 6.92 Å². The summed E-state index contributed by atoms with van der Waals surface area (Å²) in [5.41, 5.74) is 9.59. The monoisotopic (exact) mass is 186 g/mol. The van der Waals surface area contributed by atoms with E-state index in [0.717, 1.165) is 5.69 Å². The van der Waals surface area contributed by atoms with E-state index < -0.39 is 0 Å². The highest BCUT2D eigenvalue weighted by Crippen LogP contribution is 2.20. The van der Waals surface area contributed by atoms with Gasteiger partial charge in [-0.3, -0.25) is 0 Å². The third-order valence-corrected chi connectivity index (χ3v) is 2.48. The van der Waals surface area contributed by atoms with Crippen molar-refractivity contribution in [2.24, 2.45) is 5.73 Å². The van der Waals surface area contributed by atoms with E-state index in [0.29, 0.717) is 0 Å². The Morgan fingerprint density at radius 3 is 2.57 bits per heavy atom. The van der Waals surface area contributed by atoms with E-state index in [4.69, 9.17) is 5.73 Å². The summed E-state index contributed by atoms with van der Waals surface area (Å²) >= 11 is 0. The van der Waals surface area contributed by atoms with Crippen molar-refractivity contribution in [1.82, 2.24) is 4.98 Å². The lowest BCUT2D eigenvalue weighted by Crippen LogP contribution is -2.13. The van der Waals surface area contributed by atoms with Crippen molar-refractivity contribution in [3.05, 3.63) is 59.4 Å². The Kier molecular flexibility index (Phi) is 2.37. The number of hydrogen-bond acceptors (Lipinski definition) is 1. The molecule has 0 saturated heterocycles. The minimum Gasteiger partial charge on any atom is -0.363 e. The molecule has 2 heteroatoms. The summed E-state index contributed by atoms with van der Waals surface area (Å²) in [5.74, 6) is 0. The minimum atomic E-state index is -0.0498. The van der Waals surface area contributed by atoms with Gasteiger partial charge in [-0.15, -0.1) is 0 Å². The van der Waals surface area contributed by atoms with Gasteiger partial charge in [0.2, 0.25) is 0 Å². The van der Waals surface area contributed by atoms with Gasteiger partial charge < -0.3 is 10.7 Å². The molecule has 0 aliphatic rings. The first-order valence-electron chi connectivity index (χ1n) is 4.73. The van der Waals surface area contributed by atoms with E-state index >= 15 is 0 Å². The number of aromatic amines is 1. The minimum absolute atomic E-state index is 0.0498. The molecule has 1 aromatic carbocycles. The summed E-state index contributed by atoms with van der Waals surface area (Å²) in [6, 6.07) is 12.1. The molecular weight excluding hydrogens is 172 g/mol. The number of aryl methyl sites for hydroxylation is 1. The second kappa shape index (κ2) is 3.68. The summed E-state index contributed by atoms with van der Waals surface area (Å²) in [6.07, 6.45) is 1.90. The summed E-state index contributed by atoms with van der Waals surface area (Å²) in [7, 11) is 0. The Hall–Kier alpha value is -1.54. The molecule has 0 amide bonds. The van der Waals surface area contributed by atoms with Crippen molar-refractivity contribution in [3.8, 4) is 0 Å². The molecule has 2 aromatic rings. The number of nitrogens with one attached hydrogen (secondary N) is 1. The van der Waals surface area contributed by atoms with Crippen LogP contribution in [0.2, 0.25) is 0 Å². The topological polar surface area (TPSA) is 41.8 Å². The third-order valence-electron chi connectivity index (χ3n) is 2.48. The van der Waals surface area contributed by atoms with E-state index in [9.17, 15) is 0 Å². The van der Waals surface area contributed by atoms with E-state index in [2.05, 4.69) is 24.0 Å². The average molecular weight is 186 g/mol. The fraction of sp³-hybridized carbons (Fsp3) is 0.167. The standard InChI is InChI=1S/C12H14N2/c1-9-5-2-3-6-10(9)12(13)11-7-4-8-14-11/h2-8,12,14H,13H2,1H3. The molecule has 72 valence electrons. The number of aromatic nitrogens is 1. The van der Waals surface area contributed by atoms with Crippen LogP contribution in [-0.2, 0) is 0 Å². The van der Waals surface area contributed by atoms with Crippen LogP contribution in [0.25, 0.3) is 0 Å². The first-order valence-corrected chi connectivity index (χ1v) is 4.73. The van der Waals surface area contributed by atoms with Gasteiger partial charge in [-0.2, -0.15) is 0 Å². The van der Waals surface area contributed by atoms with Crippen molar-refractivity contribution in [2.75, 3.05) is 0 Å². The molecule has 0 fully saturated rings. The zero-order valence-electron chi connectivity index (χ0n) is 8.20. The van der Waals surface area contributed by atoms with Gasteiger partial charge in [-0.05, 0) is 30.2 Å². The molecule has 1 aromatic heterocycles. The average Bonchev–Trinajstić information content (AvgIpc) is 2.70. The summed E-state index contributed by atoms with van der Waals surface area (Å²) < 4.78 is 0. The lowest BCUT2D eigenvalue weighted by molar-refractivity contribution is 0.830. The molecule has 1 atom stereocenters. The van der Waals surface area contributed by atoms with Crippen LogP contribution < -0.4 is 5.73 Å². The zero-order chi connectivity index (χ0) is 9.97. The van der Waals surface area contributed by atoms with Crippen LogP contribution in [0.1, 0.15) is 22.9 Å². The van der Waals surface area contributed by atoms with Gasteiger partial charge in [0, 0.05) is 11.9 Å². The molecular formula is C12H14N2. The zero-order valence-corrected chi connectivity index (χ0v) is 8.20. The van der Waals surface area contributed by atoms with E-state index in [-0.39, 0.29) is 6.04 Å². The van der Waals surface area contributed by atoms with Crippen molar-refractivity contribution in [1.29, 1.82) is 0 Å². The number of hydrogen-bond donors (Lipinski definition) is 2. The maximum absolute atomic E-state index is 6.13. The van der Waals surface area contributed by atoms with Crippen molar-refractivity contribution in [3.63, 3.8) is 0 Å². The fourth-order valence-corrected chi connectivity index (χ4v) is 1.64. The molecule has 0 aliphatic heterocycles. The predicted octanol–water partition coefficient (Wildman–Crippen LogP) is 2.37. The van der Waals surface area contributed by atoms with Gasteiger partial charge in [0.25, 0.3) is 0 Å². The number of H-pyrrole nitrogens is 1. The quantitative estimate of drug-likeness (QED) is 0.742. The highest BCUT2D eigenvalue weighted by molar-refractivity contribution is 5.33. The maximum Gasteiger partial charge on any atom is 0.0706 e. The smallest absolute Gasteiger partial charge is 0.0706 e. The lowest BCUT2D eigenvalue weighted by atomic mass is 10.00. The summed E-state index contributed by atoms with van der Waals surface area (Å²) in [5, 5.41) is 0. The Morgan fingerprint density at radius 2 is 1.93 bits per heavy atom. The second-order valence-electron chi connectivity index (χ2n) is 3.46. The van der Waals surface area contributed by atoms with Crippen molar-refractivity contribution < 1.29 is 0 Å². The Balaban J connectivity index is 2.37. The fourth-order valence-electron chi connectivity index (χ4n) is 1.64. The Bertz CT molecular complexity index is 404. The Morgan fingerprint density at radius 1 is 1.14 bits per heavy atom. The predicted molar refractivity (Wildman–Crippen MR) is 58.0 cm³/mol. The van der Waals surface area contributed by atoms with Crippen molar-refractivity contribution >= 4 is 0 Å². The van der Waals surface area contributed by atoms with Gasteiger partial charge >= 0.3 is 0 Å². The first kappa shape index (κ1) is 9.03. The molecule has 1 unspecified atom stereocenters.